The van der Waals surface area contributed by atoms with Gasteiger partial charge in [0, 0.05) is 18.5 Å². The van der Waals surface area contributed by atoms with Gasteiger partial charge in [-0.05, 0) is 32.0 Å². The summed E-state index contributed by atoms with van der Waals surface area (Å²) < 4.78 is 30.5. The summed E-state index contributed by atoms with van der Waals surface area (Å²) >= 11 is 0. The van der Waals surface area contributed by atoms with Crippen molar-refractivity contribution in [2.45, 2.75) is 32.3 Å². The zero-order valence-corrected chi connectivity index (χ0v) is 17.4. The number of amides is 1. The quantitative estimate of drug-likeness (QED) is 0.601. The van der Waals surface area contributed by atoms with Gasteiger partial charge in [-0.2, -0.15) is 5.26 Å². The van der Waals surface area contributed by atoms with E-state index in [0.717, 1.165) is 16.9 Å². The number of esters is 1. The Balaban J connectivity index is 1.57. The van der Waals surface area contributed by atoms with Crippen molar-refractivity contribution in [3.05, 3.63) is 53.8 Å². The van der Waals surface area contributed by atoms with Gasteiger partial charge in [0.1, 0.15) is 11.4 Å². The third-order valence-corrected chi connectivity index (χ3v) is 4.65. The topological polar surface area (TPSA) is 88.9 Å². The fourth-order valence-electron chi connectivity index (χ4n) is 3.31. The molecule has 3 rings (SSSR count). The molecule has 8 heteroatoms. The monoisotopic (exact) mass is 426 g/mol. The molecule has 1 aliphatic heterocycles. The first-order valence-electron chi connectivity index (χ1n) is 9.82. The van der Waals surface area contributed by atoms with Crippen molar-refractivity contribution >= 4 is 17.6 Å². The Hall–Kier alpha value is -3.60. The Morgan fingerprint density at radius 3 is 2.71 bits per heavy atom. The van der Waals surface area contributed by atoms with E-state index in [1.807, 2.05) is 32.0 Å². The zero-order valence-electron chi connectivity index (χ0n) is 17.4. The van der Waals surface area contributed by atoms with Gasteiger partial charge in [0.25, 0.3) is 5.91 Å². The number of nitrogens with zero attached hydrogens (tertiary/aromatic N) is 2. The van der Waals surface area contributed by atoms with Crippen molar-refractivity contribution < 1.29 is 28.2 Å². The van der Waals surface area contributed by atoms with Gasteiger partial charge in [-0.15, -0.1) is 0 Å². The van der Waals surface area contributed by atoms with Crippen LogP contribution >= 0.6 is 0 Å². The van der Waals surface area contributed by atoms with Gasteiger partial charge >= 0.3 is 5.97 Å². The summed E-state index contributed by atoms with van der Waals surface area (Å²) in [6.45, 7) is 2.89. The molecule has 7 nitrogen and oxygen atoms in total. The molecule has 0 fully saturated rings. The number of nitriles is 1. The number of hydrogen-bond donors (Lipinski definition) is 0. The first-order chi connectivity index (χ1) is 14.8. The van der Waals surface area contributed by atoms with Gasteiger partial charge in [-0.25, -0.2) is 9.18 Å². The van der Waals surface area contributed by atoms with Crippen LogP contribution in [0.4, 0.5) is 10.1 Å². The van der Waals surface area contributed by atoms with E-state index in [1.54, 1.807) is 12.1 Å². The average molecular weight is 426 g/mol. The molecule has 1 amide bonds. The van der Waals surface area contributed by atoms with E-state index < -0.39 is 30.9 Å². The number of para-hydroxylation sites is 2. The van der Waals surface area contributed by atoms with Crippen molar-refractivity contribution in [2.24, 2.45) is 0 Å². The summed E-state index contributed by atoms with van der Waals surface area (Å²) in [6.07, 6.45) is 0.736. The van der Waals surface area contributed by atoms with Gasteiger partial charge < -0.3 is 19.1 Å². The second kappa shape index (κ2) is 9.47. The predicted molar refractivity (Wildman–Crippen MR) is 110 cm³/mol. The Morgan fingerprint density at radius 2 is 1.97 bits per heavy atom. The molecule has 0 aliphatic carbocycles. The zero-order chi connectivity index (χ0) is 22.4. The maximum atomic E-state index is 14.1. The third kappa shape index (κ3) is 5.51. The molecule has 1 aliphatic rings. The summed E-state index contributed by atoms with van der Waals surface area (Å²) in [4.78, 5) is 25.7. The molecule has 2 aromatic carbocycles. The minimum atomic E-state index is -0.753. The summed E-state index contributed by atoms with van der Waals surface area (Å²) in [5.74, 6) is -0.979. The van der Waals surface area contributed by atoms with Crippen molar-refractivity contribution in [1.82, 2.24) is 0 Å². The molecule has 0 unspecified atom stereocenters. The van der Waals surface area contributed by atoms with E-state index in [-0.39, 0.29) is 24.3 Å². The Morgan fingerprint density at radius 1 is 1.19 bits per heavy atom. The number of ether oxygens (including phenoxy) is 3. The first-order valence-corrected chi connectivity index (χ1v) is 9.82. The largest absolute Gasteiger partial charge is 0.483 e. The molecule has 0 radical (unpaired) electrons. The molecule has 0 spiro atoms. The summed E-state index contributed by atoms with van der Waals surface area (Å²) in [7, 11) is 0. The number of carbonyl (C=O) groups is 2. The second-order valence-corrected chi connectivity index (χ2v) is 7.64. The normalized spacial score (nSPS) is 13.5. The maximum absolute atomic E-state index is 14.1. The molecule has 162 valence electrons. The van der Waals surface area contributed by atoms with Crippen LogP contribution in [0.25, 0.3) is 0 Å². The van der Waals surface area contributed by atoms with Gasteiger partial charge in [0.15, 0.2) is 24.7 Å². The van der Waals surface area contributed by atoms with Crippen LogP contribution in [0, 0.1) is 17.1 Å². The number of anilines is 1. The number of halogens is 1. The van der Waals surface area contributed by atoms with E-state index in [4.69, 9.17) is 19.5 Å². The molecular weight excluding hydrogens is 403 g/mol. The number of carbonyl (C=O) groups excluding carboxylic acids is 2. The lowest BCUT2D eigenvalue weighted by Crippen LogP contribution is -2.36. The molecule has 1 heterocycles. The highest BCUT2D eigenvalue weighted by molar-refractivity contribution is 5.95. The van der Waals surface area contributed by atoms with Crippen molar-refractivity contribution in [3.63, 3.8) is 0 Å². The fourth-order valence-corrected chi connectivity index (χ4v) is 3.31. The van der Waals surface area contributed by atoms with Crippen LogP contribution in [0.15, 0.2) is 42.5 Å². The van der Waals surface area contributed by atoms with Crippen LogP contribution in [0.5, 0.6) is 11.5 Å². The van der Waals surface area contributed by atoms with Gasteiger partial charge in [0.2, 0.25) is 0 Å². The maximum Gasteiger partial charge on any atom is 0.344 e. The van der Waals surface area contributed by atoms with E-state index in [9.17, 15) is 14.0 Å². The lowest BCUT2D eigenvalue weighted by atomic mass is 10.0. The number of benzene rings is 2. The molecule has 0 saturated heterocycles. The van der Waals surface area contributed by atoms with Crippen molar-refractivity contribution in [3.8, 4) is 17.6 Å². The molecule has 0 atom stereocenters. The summed E-state index contributed by atoms with van der Waals surface area (Å²) in [6, 6.07) is 13.1. The molecule has 31 heavy (non-hydrogen) atoms. The highest BCUT2D eigenvalue weighted by Gasteiger charge is 2.32. The van der Waals surface area contributed by atoms with Crippen LogP contribution in [0.1, 0.15) is 25.8 Å². The molecule has 0 N–H and O–H groups in total. The van der Waals surface area contributed by atoms with E-state index in [2.05, 4.69) is 0 Å². The van der Waals surface area contributed by atoms with E-state index in [0.29, 0.717) is 11.5 Å². The fraction of sp³-hybridized carbons (Fsp3) is 0.348. The Labute approximate surface area is 179 Å². The average Bonchev–Trinajstić information content (AvgIpc) is 3.06. The van der Waals surface area contributed by atoms with Crippen molar-refractivity contribution in [1.29, 1.82) is 5.26 Å². The van der Waals surface area contributed by atoms with Crippen LogP contribution in [0.2, 0.25) is 0 Å². The molecule has 2 aromatic rings. The van der Waals surface area contributed by atoms with Gasteiger partial charge in [-0.3, -0.25) is 4.79 Å². The van der Waals surface area contributed by atoms with Gasteiger partial charge in [0.05, 0.1) is 18.2 Å². The molecule has 0 aromatic heterocycles. The second-order valence-electron chi connectivity index (χ2n) is 7.64. The Bertz CT molecular complexity index is 1020. The van der Waals surface area contributed by atoms with E-state index >= 15 is 0 Å². The molecule has 0 bridgehead atoms. The number of hydrogen-bond acceptors (Lipinski definition) is 6. The summed E-state index contributed by atoms with van der Waals surface area (Å²) in [5.41, 5.74) is 0.660. The van der Waals surface area contributed by atoms with Crippen LogP contribution < -0.4 is 14.4 Å². The predicted octanol–water partition coefficient (Wildman–Crippen LogP) is 3.41. The van der Waals surface area contributed by atoms with Gasteiger partial charge in [-0.1, -0.05) is 24.3 Å². The van der Waals surface area contributed by atoms with Crippen LogP contribution in [-0.2, 0) is 20.7 Å². The molecular formula is C23H23FN2O5. The Kier molecular flexibility index (Phi) is 6.75. The van der Waals surface area contributed by atoms with Crippen molar-refractivity contribution in [2.75, 3.05) is 24.7 Å². The number of fused-ring (bicyclic) bond motifs is 1. The van der Waals surface area contributed by atoms with Crippen LogP contribution in [-0.4, -0.2) is 37.2 Å². The third-order valence-electron chi connectivity index (χ3n) is 4.65. The van der Waals surface area contributed by atoms with Crippen LogP contribution in [0.3, 0.4) is 0 Å². The SMILES string of the molecule is CC1(C)Cc2cccc(OCC(=O)OCC(=O)N(CCC#N)c3ccccc3F)c2O1. The smallest absolute Gasteiger partial charge is 0.344 e. The number of rotatable bonds is 8. The molecule has 0 saturated carbocycles. The minimum absolute atomic E-state index is 0.00655. The minimum Gasteiger partial charge on any atom is -0.483 e. The summed E-state index contributed by atoms with van der Waals surface area (Å²) in [5, 5.41) is 8.81. The standard InChI is InChI=1S/C23H23FN2O5/c1-23(2)13-16-7-5-10-19(22(16)31-23)29-15-21(28)30-14-20(27)26(12-6-11-25)18-9-4-3-8-17(18)24/h3-5,7-10H,6,12-15H2,1-2H3. The highest BCUT2D eigenvalue weighted by Crippen LogP contribution is 2.41. The van der Waals surface area contributed by atoms with E-state index in [1.165, 1.54) is 18.2 Å². The first kappa shape index (κ1) is 22.1. The lowest BCUT2D eigenvalue weighted by molar-refractivity contribution is -0.149. The highest BCUT2D eigenvalue weighted by atomic mass is 19.1. The lowest BCUT2D eigenvalue weighted by Gasteiger charge is -2.22.